The van der Waals surface area contributed by atoms with Gasteiger partial charge in [-0.15, -0.1) is 0 Å². The molecule has 3 rings (SSSR count). The lowest BCUT2D eigenvalue weighted by Gasteiger charge is -2.34. The largest absolute Gasteiger partial charge is 0.349 e. The second-order valence-electron chi connectivity index (χ2n) is 8.37. The van der Waals surface area contributed by atoms with Crippen LogP contribution in [0.25, 0.3) is 0 Å². The molecule has 5 nitrogen and oxygen atoms in total. The quantitative estimate of drug-likeness (QED) is 0.738. The van der Waals surface area contributed by atoms with E-state index < -0.39 is 0 Å². The van der Waals surface area contributed by atoms with Crippen LogP contribution in [0, 0.1) is 5.92 Å². The molecular weight excluding hydrogens is 374 g/mol. The van der Waals surface area contributed by atoms with E-state index in [2.05, 4.69) is 55.7 Å². The molecule has 2 aromatic carbocycles. The molecule has 3 amide bonds. The number of nitrogens with zero attached hydrogens (tertiary/aromatic N) is 1. The number of hydrogen-bond acceptors (Lipinski definition) is 2. The molecule has 0 aliphatic carbocycles. The first kappa shape index (κ1) is 21.9. The molecule has 160 valence electrons. The standard InChI is InChI=1S/C25H33N3O2/c1-4-19-10-12-20(13-11-19)23(18(2)3)27-25(30)28-16-14-22(15-17-28)26-24(29)21-8-6-5-7-9-21/h5-13,18,22-23H,4,14-17H2,1-3H3,(H,26,29)(H,27,30)/t23-/m0/s1. The number of amides is 3. The lowest BCUT2D eigenvalue weighted by molar-refractivity contribution is 0.0917. The van der Waals surface area contributed by atoms with Crippen molar-refractivity contribution in [1.29, 1.82) is 0 Å². The van der Waals surface area contributed by atoms with Crippen molar-refractivity contribution in [3.05, 3.63) is 71.3 Å². The van der Waals surface area contributed by atoms with E-state index in [1.807, 2.05) is 35.2 Å². The highest BCUT2D eigenvalue weighted by atomic mass is 16.2. The number of rotatable bonds is 6. The zero-order chi connectivity index (χ0) is 21.5. The average Bonchev–Trinajstić information content (AvgIpc) is 2.78. The van der Waals surface area contributed by atoms with E-state index in [-0.39, 0.29) is 24.0 Å². The topological polar surface area (TPSA) is 61.4 Å². The fraction of sp³-hybridized carbons (Fsp3) is 0.440. The van der Waals surface area contributed by atoms with Crippen LogP contribution in [0.15, 0.2) is 54.6 Å². The number of benzene rings is 2. The van der Waals surface area contributed by atoms with Crippen molar-refractivity contribution < 1.29 is 9.59 Å². The fourth-order valence-corrected chi connectivity index (χ4v) is 3.91. The molecule has 5 heteroatoms. The summed E-state index contributed by atoms with van der Waals surface area (Å²) in [6.45, 7) is 7.69. The Kier molecular flexibility index (Phi) is 7.50. The molecule has 0 saturated carbocycles. The molecule has 2 aromatic rings. The van der Waals surface area contributed by atoms with Crippen LogP contribution < -0.4 is 10.6 Å². The molecule has 2 N–H and O–H groups in total. The average molecular weight is 408 g/mol. The van der Waals surface area contributed by atoms with Crippen molar-refractivity contribution in [2.45, 2.75) is 52.1 Å². The van der Waals surface area contributed by atoms with E-state index >= 15 is 0 Å². The molecule has 1 aliphatic rings. The first-order valence-electron chi connectivity index (χ1n) is 11.0. The molecule has 0 bridgehead atoms. The number of nitrogens with one attached hydrogen (secondary N) is 2. The third kappa shape index (κ3) is 5.62. The lowest BCUT2D eigenvalue weighted by Crippen LogP contribution is -2.50. The van der Waals surface area contributed by atoms with E-state index in [4.69, 9.17) is 0 Å². The highest BCUT2D eigenvalue weighted by Gasteiger charge is 2.26. The molecular formula is C25H33N3O2. The molecule has 0 unspecified atom stereocenters. The first-order chi connectivity index (χ1) is 14.5. The van der Waals surface area contributed by atoms with E-state index in [1.54, 1.807) is 0 Å². The normalized spacial score (nSPS) is 15.7. The van der Waals surface area contributed by atoms with Crippen molar-refractivity contribution in [1.82, 2.24) is 15.5 Å². The Morgan fingerprint density at radius 2 is 1.63 bits per heavy atom. The smallest absolute Gasteiger partial charge is 0.317 e. The van der Waals surface area contributed by atoms with Gasteiger partial charge in [-0.3, -0.25) is 4.79 Å². The maximum Gasteiger partial charge on any atom is 0.317 e. The minimum Gasteiger partial charge on any atom is -0.349 e. The predicted molar refractivity (Wildman–Crippen MR) is 120 cm³/mol. The summed E-state index contributed by atoms with van der Waals surface area (Å²) in [7, 11) is 0. The molecule has 1 atom stereocenters. The molecule has 1 heterocycles. The SMILES string of the molecule is CCc1ccc([C@@H](NC(=O)N2CCC(NC(=O)c3ccccc3)CC2)C(C)C)cc1. The van der Waals surface area contributed by atoms with Gasteiger partial charge in [-0.1, -0.05) is 63.2 Å². The lowest BCUT2D eigenvalue weighted by atomic mass is 9.95. The third-order valence-corrected chi connectivity index (χ3v) is 5.85. The Bertz CT molecular complexity index is 825. The van der Waals surface area contributed by atoms with Gasteiger partial charge in [-0.2, -0.15) is 0 Å². The maximum atomic E-state index is 12.9. The van der Waals surface area contributed by atoms with Crippen LogP contribution in [0.5, 0.6) is 0 Å². The molecule has 0 aromatic heterocycles. The van der Waals surface area contributed by atoms with Gasteiger partial charge < -0.3 is 15.5 Å². The van der Waals surface area contributed by atoms with Crippen LogP contribution in [0.1, 0.15) is 61.1 Å². The monoisotopic (exact) mass is 407 g/mol. The van der Waals surface area contributed by atoms with Crippen LogP contribution in [0.2, 0.25) is 0 Å². The van der Waals surface area contributed by atoms with Crippen LogP contribution in [-0.2, 0) is 6.42 Å². The van der Waals surface area contributed by atoms with Gasteiger partial charge in [0.05, 0.1) is 6.04 Å². The Morgan fingerprint density at radius 3 is 2.20 bits per heavy atom. The molecule has 0 radical (unpaired) electrons. The second-order valence-corrected chi connectivity index (χ2v) is 8.37. The Labute approximate surface area is 179 Å². The van der Waals surface area contributed by atoms with Crippen molar-refractivity contribution in [2.75, 3.05) is 13.1 Å². The molecule has 30 heavy (non-hydrogen) atoms. The summed E-state index contributed by atoms with van der Waals surface area (Å²) in [6.07, 6.45) is 2.54. The molecule has 1 saturated heterocycles. The number of piperidine rings is 1. The van der Waals surface area contributed by atoms with E-state index in [0.717, 1.165) is 24.8 Å². The van der Waals surface area contributed by atoms with Crippen molar-refractivity contribution in [3.63, 3.8) is 0 Å². The van der Waals surface area contributed by atoms with Gasteiger partial charge in [0.15, 0.2) is 0 Å². The summed E-state index contributed by atoms with van der Waals surface area (Å²) in [5, 5.41) is 6.31. The molecule has 1 aliphatic heterocycles. The fourth-order valence-electron chi connectivity index (χ4n) is 3.91. The van der Waals surface area contributed by atoms with Gasteiger partial charge in [0.1, 0.15) is 0 Å². The van der Waals surface area contributed by atoms with Gasteiger partial charge in [0.25, 0.3) is 5.91 Å². The predicted octanol–water partition coefficient (Wildman–Crippen LogP) is 4.55. The zero-order valence-electron chi connectivity index (χ0n) is 18.2. The third-order valence-electron chi connectivity index (χ3n) is 5.85. The zero-order valence-corrected chi connectivity index (χ0v) is 18.2. The Hall–Kier alpha value is -2.82. The van der Waals surface area contributed by atoms with Crippen molar-refractivity contribution >= 4 is 11.9 Å². The summed E-state index contributed by atoms with van der Waals surface area (Å²) >= 11 is 0. The summed E-state index contributed by atoms with van der Waals surface area (Å²) in [5.41, 5.74) is 3.11. The number of carbonyl (C=O) groups is 2. The Balaban J connectivity index is 1.52. The summed E-state index contributed by atoms with van der Waals surface area (Å²) in [5.74, 6) is 0.248. The highest BCUT2D eigenvalue weighted by Crippen LogP contribution is 2.23. The van der Waals surface area contributed by atoms with Crippen LogP contribution in [-0.4, -0.2) is 36.0 Å². The number of aryl methyl sites for hydroxylation is 1. The van der Waals surface area contributed by atoms with Gasteiger partial charge in [0.2, 0.25) is 0 Å². The minimum atomic E-state index is -0.0473. The summed E-state index contributed by atoms with van der Waals surface area (Å²) < 4.78 is 0. The van der Waals surface area contributed by atoms with Gasteiger partial charge in [-0.25, -0.2) is 4.79 Å². The van der Waals surface area contributed by atoms with Crippen LogP contribution >= 0.6 is 0 Å². The summed E-state index contributed by atoms with van der Waals surface area (Å²) in [4.78, 5) is 27.1. The molecule has 0 spiro atoms. The first-order valence-corrected chi connectivity index (χ1v) is 11.0. The van der Waals surface area contributed by atoms with Crippen molar-refractivity contribution in [3.8, 4) is 0 Å². The summed E-state index contributed by atoms with van der Waals surface area (Å²) in [6, 6.07) is 17.8. The molecule has 1 fully saturated rings. The number of carbonyl (C=O) groups excluding carboxylic acids is 2. The van der Waals surface area contributed by atoms with Gasteiger partial charge in [0, 0.05) is 24.7 Å². The number of hydrogen-bond donors (Lipinski definition) is 2. The van der Waals surface area contributed by atoms with E-state index in [1.165, 1.54) is 5.56 Å². The van der Waals surface area contributed by atoms with Gasteiger partial charge in [-0.05, 0) is 48.4 Å². The Morgan fingerprint density at radius 1 is 1.00 bits per heavy atom. The highest BCUT2D eigenvalue weighted by molar-refractivity contribution is 5.94. The van der Waals surface area contributed by atoms with E-state index in [9.17, 15) is 9.59 Å². The number of urea groups is 1. The number of likely N-dealkylation sites (tertiary alicyclic amines) is 1. The van der Waals surface area contributed by atoms with Gasteiger partial charge >= 0.3 is 6.03 Å². The maximum absolute atomic E-state index is 12.9. The van der Waals surface area contributed by atoms with Crippen molar-refractivity contribution in [2.24, 2.45) is 5.92 Å². The second kappa shape index (κ2) is 10.3. The van der Waals surface area contributed by atoms with Crippen LogP contribution in [0.4, 0.5) is 4.79 Å². The minimum absolute atomic E-state index is 0.0149. The van der Waals surface area contributed by atoms with E-state index in [0.29, 0.717) is 24.6 Å². The van der Waals surface area contributed by atoms with Crippen LogP contribution in [0.3, 0.4) is 0 Å².